The third-order valence-electron chi connectivity index (χ3n) is 2.18. The number of hydrogen-bond acceptors (Lipinski definition) is 4. The molecule has 1 unspecified atom stereocenters. The number of benzene rings is 1. The largest absolute Gasteiger partial charge is 0.496 e. The fraction of sp³-hybridized carbons (Fsp3) is 0.364. The molecule has 4 N–H and O–H groups in total. The highest BCUT2D eigenvalue weighted by molar-refractivity contribution is 5.81. The van der Waals surface area contributed by atoms with E-state index in [0.29, 0.717) is 12.3 Å². The maximum absolute atomic E-state index is 11.3. The predicted octanol–water partition coefficient (Wildman–Crippen LogP) is -0.369. The number of carbonyl (C=O) groups excluding carboxylic acids is 1. The molecule has 0 bridgehead atoms. The molecule has 0 aliphatic rings. The van der Waals surface area contributed by atoms with E-state index >= 15 is 0 Å². The molecule has 0 heterocycles. The van der Waals surface area contributed by atoms with E-state index in [1.54, 1.807) is 7.11 Å². The molecule has 1 atom stereocenters. The Labute approximate surface area is 94.2 Å². The van der Waals surface area contributed by atoms with E-state index < -0.39 is 6.04 Å². The van der Waals surface area contributed by atoms with Crippen LogP contribution >= 0.6 is 0 Å². The Morgan fingerprint density at radius 1 is 1.56 bits per heavy atom. The molecule has 0 aliphatic heterocycles. The van der Waals surface area contributed by atoms with Crippen LogP contribution in [0, 0.1) is 0 Å². The molecule has 1 aromatic carbocycles. The maximum atomic E-state index is 11.3. The van der Waals surface area contributed by atoms with Crippen LogP contribution in [-0.4, -0.2) is 30.8 Å². The summed E-state index contributed by atoms with van der Waals surface area (Å²) in [6, 6.07) is 6.49. The van der Waals surface area contributed by atoms with Crippen molar-refractivity contribution >= 4 is 5.91 Å². The van der Waals surface area contributed by atoms with E-state index in [4.69, 9.17) is 15.6 Å². The first-order chi connectivity index (χ1) is 7.69. The van der Waals surface area contributed by atoms with Gasteiger partial charge in [0, 0.05) is 12.1 Å². The van der Waals surface area contributed by atoms with Crippen LogP contribution < -0.4 is 15.8 Å². The summed E-state index contributed by atoms with van der Waals surface area (Å²) in [5, 5.41) is 11.3. The highest BCUT2D eigenvalue weighted by atomic mass is 16.5. The third-order valence-corrected chi connectivity index (χ3v) is 2.18. The van der Waals surface area contributed by atoms with Gasteiger partial charge in [0.25, 0.3) is 0 Å². The smallest absolute Gasteiger partial charge is 0.239 e. The number of hydrogen-bond donors (Lipinski definition) is 3. The molecular formula is C11H16N2O3. The first kappa shape index (κ1) is 12.5. The van der Waals surface area contributed by atoms with Crippen LogP contribution in [0.25, 0.3) is 0 Å². The van der Waals surface area contributed by atoms with Gasteiger partial charge in [0.15, 0.2) is 0 Å². The number of methoxy groups -OCH3 is 1. The van der Waals surface area contributed by atoms with Crippen molar-refractivity contribution in [1.29, 1.82) is 0 Å². The minimum Gasteiger partial charge on any atom is -0.496 e. The van der Waals surface area contributed by atoms with Crippen molar-refractivity contribution in [2.45, 2.75) is 12.6 Å². The summed E-state index contributed by atoms with van der Waals surface area (Å²) >= 11 is 0. The molecule has 1 rings (SSSR count). The highest BCUT2D eigenvalue weighted by Gasteiger charge is 2.11. The van der Waals surface area contributed by atoms with Gasteiger partial charge in [-0.25, -0.2) is 0 Å². The molecule has 1 aromatic rings. The zero-order valence-corrected chi connectivity index (χ0v) is 9.14. The van der Waals surface area contributed by atoms with Crippen molar-refractivity contribution in [3.05, 3.63) is 29.8 Å². The molecule has 16 heavy (non-hydrogen) atoms. The fourth-order valence-electron chi connectivity index (χ4n) is 1.25. The number of para-hydroxylation sites is 1. The number of amides is 1. The van der Waals surface area contributed by atoms with Crippen molar-refractivity contribution in [2.75, 3.05) is 13.7 Å². The summed E-state index contributed by atoms with van der Waals surface area (Å²) in [4.78, 5) is 11.3. The van der Waals surface area contributed by atoms with Gasteiger partial charge in [0.05, 0.1) is 13.7 Å². The molecule has 0 aliphatic carbocycles. The Morgan fingerprint density at radius 3 is 2.88 bits per heavy atom. The summed E-state index contributed by atoms with van der Waals surface area (Å²) in [7, 11) is 1.57. The van der Waals surface area contributed by atoms with Gasteiger partial charge in [-0.2, -0.15) is 0 Å². The van der Waals surface area contributed by atoms with E-state index in [1.165, 1.54) is 0 Å². The third kappa shape index (κ3) is 3.22. The zero-order valence-electron chi connectivity index (χ0n) is 9.14. The van der Waals surface area contributed by atoms with E-state index in [-0.39, 0.29) is 12.5 Å². The van der Waals surface area contributed by atoms with Crippen LogP contribution in [0.15, 0.2) is 24.3 Å². The van der Waals surface area contributed by atoms with E-state index in [1.807, 2.05) is 24.3 Å². The SMILES string of the molecule is COc1ccccc1CNC(=O)C(N)CO. The van der Waals surface area contributed by atoms with Crippen molar-refractivity contribution in [2.24, 2.45) is 5.73 Å². The molecule has 5 heteroatoms. The number of nitrogens with one attached hydrogen (secondary N) is 1. The average molecular weight is 224 g/mol. The number of carbonyl (C=O) groups is 1. The van der Waals surface area contributed by atoms with Crippen molar-refractivity contribution < 1.29 is 14.6 Å². The Hall–Kier alpha value is -1.59. The number of rotatable bonds is 5. The van der Waals surface area contributed by atoms with Gasteiger partial charge in [-0.3, -0.25) is 4.79 Å². The van der Waals surface area contributed by atoms with Crippen molar-refractivity contribution in [1.82, 2.24) is 5.32 Å². The molecule has 88 valence electrons. The minimum atomic E-state index is -0.880. The second-order valence-electron chi connectivity index (χ2n) is 3.32. The van der Waals surface area contributed by atoms with Crippen LogP contribution in [0.4, 0.5) is 0 Å². The standard InChI is InChI=1S/C11H16N2O3/c1-16-10-5-3-2-4-8(10)6-13-11(15)9(12)7-14/h2-5,9,14H,6-7,12H2,1H3,(H,13,15). The number of aliphatic hydroxyl groups excluding tert-OH is 1. The molecule has 0 saturated carbocycles. The first-order valence-electron chi connectivity index (χ1n) is 4.95. The molecule has 0 radical (unpaired) electrons. The second kappa shape index (κ2) is 6.09. The Bertz CT molecular complexity index is 355. The Balaban J connectivity index is 2.57. The summed E-state index contributed by atoms with van der Waals surface area (Å²) < 4.78 is 5.13. The summed E-state index contributed by atoms with van der Waals surface area (Å²) in [6.45, 7) is -0.0334. The molecule has 5 nitrogen and oxygen atoms in total. The number of nitrogens with two attached hydrogens (primary N) is 1. The summed E-state index contributed by atoms with van der Waals surface area (Å²) in [6.07, 6.45) is 0. The van der Waals surface area contributed by atoms with E-state index in [9.17, 15) is 4.79 Å². The second-order valence-corrected chi connectivity index (χ2v) is 3.32. The molecule has 0 aromatic heterocycles. The lowest BCUT2D eigenvalue weighted by atomic mass is 10.2. The van der Waals surface area contributed by atoms with Crippen LogP contribution in [0.1, 0.15) is 5.56 Å². The molecule has 1 amide bonds. The quantitative estimate of drug-likeness (QED) is 0.637. The van der Waals surface area contributed by atoms with Crippen LogP contribution in [0.3, 0.4) is 0 Å². The van der Waals surface area contributed by atoms with Gasteiger partial charge < -0.3 is 20.9 Å². The molecule has 0 saturated heterocycles. The summed E-state index contributed by atoms with van der Waals surface area (Å²) in [5.74, 6) is 0.328. The lowest BCUT2D eigenvalue weighted by Gasteiger charge is -2.11. The molecule has 0 fully saturated rings. The van der Waals surface area contributed by atoms with E-state index in [2.05, 4.69) is 5.32 Å². The van der Waals surface area contributed by atoms with Gasteiger partial charge in [-0.1, -0.05) is 18.2 Å². The normalized spacial score (nSPS) is 11.9. The average Bonchev–Trinajstić information content (AvgIpc) is 2.35. The van der Waals surface area contributed by atoms with Gasteiger partial charge >= 0.3 is 0 Å². The summed E-state index contributed by atoms with van der Waals surface area (Å²) in [5.41, 5.74) is 6.22. The van der Waals surface area contributed by atoms with Crippen LogP contribution in [-0.2, 0) is 11.3 Å². The van der Waals surface area contributed by atoms with Gasteiger partial charge in [0.2, 0.25) is 5.91 Å². The zero-order chi connectivity index (χ0) is 12.0. The monoisotopic (exact) mass is 224 g/mol. The fourth-order valence-corrected chi connectivity index (χ4v) is 1.25. The van der Waals surface area contributed by atoms with Gasteiger partial charge in [-0.15, -0.1) is 0 Å². The van der Waals surface area contributed by atoms with Gasteiger partial charge in [-0.05, 0) is 6.07 Å². The predicted molar refractivity (Wildman–Crippen MR) is 59.9 cm³/mol. The molecular weight excluding hydrogens is 208 g/mol. The Morgan fingerprint density at radius 2 is 2.25 bits per heavy atom. The lowest BCUT2D eigenvalue weighted by Crippen LogP contribution is -2.42. The lowest BCUT2D eigenvalue weighted by molar-refractivity contribution is -0.123. The van der Waals surface area contributed by atoms with Crippen molar-refractivity contribution in [3.63, 3.8) is 0 Å². The minimum absolute atomic E-state index is 0.330. The van der Waals surface area contributed by atoms with Crippen LogP contribution in [0.5, 0.6) is 5.75 Å². The van der Waals surface area contributed by atoms with E-state index in [0.717, 1.165) is 5.56 Å². The number of aliphatic hydroxyl groups is 1. The highest BCUT2D eigenvalue weighted by Crippen LogP contribution is 2.16. The maximum Gasteiger partial charge on any atom is 0.239 e. The van der Waals surface area contributed by atoms with Crippen molar-refractivity contribution in [3.8, 4) is 5.75 Å². The topological polar surface area (TPSA) is 84.6 Å². The van der Waals surface area contributed by atoms with Gasteiger partial charge in [0.1, 0.15) is 11.8 Å². The Kier molecular flexibility index (Phi) is 4.75. The first-order valence-corrected chi connectivity index (χ1v) is 4.95. The number of ether oxygens (including phenoxy) is 1. The molecule has 0 spiro atoms. The van der Waals surface area contributed by atoms with Crippen LogP contribution in [0.2, 0.25) is 0 Å².